The lowest BCUT2D eigenvalue weighted by Crippen LogP contribution is -1.86. The zero-order valence-electron chi connectivity index (χ0n) is 8.22. The van der Waals surface area contributed by atoms with Crippen LogP contribution in [0.15, 0.2) is 24.2 Å². The van der Waals surface area contributed by atoms with E-state index in [2.05, 4.69) is 19.6 Å². The summed E-state index contributed by atoms with van der Waals surface area (Å²) in [6.07, 6.45) is 4.81. The highest BCUT2D eigenvalue weighted by molar-refractivity contribution is 4.94. The van der Waals surface area contributed by atoms with Crippen molar-refractivity contribution in [3.05, 3.63) is 24.2 Å². The van der Waals surface area contributed by atoms with Crippen molar-refractivity contribution < 1.29 is 9.47 Å². The second-order valence-corrected chi connectivity index (χ2v) is 2.51. The van der Waals surface area contributed by atoms with Crippen LogP contribution in [-0.4, -0.2) is 14.2 Å². The number of methoxy groups -OCH3 is 2. The predicted molar refractivity (Wildman–Crippen MR) is 50.8 cm³/mol. The first kappa shape index (κ1) is 11.1. The molecule has 0 radical (unpaired) electrons. The first-order chi connectivity index (χ1) is 5.74. The van der Waals surface area contributed by atoms with E-state index in [1.54, 1.807) is 14.2 Å². The first-order valence-electron chi connectivity index (χ1n) is 4.19. The molecule has 0 saturated heterocycles. The van der Waals surface area contributed by atoms with E-state index < -0.39 is 0 Å². The molecule has 0 aromatic rings. The van der Waals surface area contributed by atoms with Gasteiger partial charge in [0.25, 0.3) is 0 Å². The van der Waals surface area contributed by atoms with Crippen LogP contribution in [0.1, 0.15) is 26.2 Å². The minimum Gasteiger partial charge on any atom is -0.502 e. The highest BCUT2D eigenvalue weighted by atomic mass is 16.5. The zero-order chi connectivity index (χ0) is 9.40. The Kier molecular flexibility index (Phi) is 6.25. The normalized spacial score (nSPS) is 11.1. The largest absolute Gasteiger partial charge is 0.502 e. The average Bonchev–Trinajstić information content (AvgIpc) is 2.12. The third kappa shape index (κ3) is 4.83. The van der Waals surface area contributed by atoms with Gasteiger partial charge in [-0.25, -0.2) is 0 Å². The molecule has 0 heterocycles. The van der Waals surface area contributed by atoms with Crippen molar-refractivity contribution in [2.45, 2.75) is 26.2 Å². The van der Waals surface area contributed by atoms with Crippen LogP contribution >= 0.6 is 0 Å². The van der Waals surface area contributed by atoms with Gasteiger partial charge in [0.15, 0.2) is 0 Å². The Labute approximate surface area is 74.9 Å². The Bertz CT molecular complexity index is 153. The molecule has 0 aliphatic heterocycles. The quantitative estimate of drug-likeness (QED) is 0.571. The standard InChI is InChI=1S/C10H18O2/c1-5-10(12-4)8-6-7-9(2)11-3/h8H,2,5-7H2,1,3-4H3/b10-8+. The summed E-state index contributed by atoms with van der Waals surface area (Å²) in [6, 6.07) is 0. The van der Waals surface area contributed by atoms with Gasteiger partial charge in [-0.2, -0.15) is 0 Å². The van der Waals surface area contributed by atoms with Crippen LogP contribution in [0.3, 0.4) is 0 Å². The van der Waals surface area contributed by atoms with Crippen LogP contribution in [-0.2, 0) is 9.47 Å². The molecule has 0 saturated carbocycles. The number of allylic oxidation sites excluding steroid dienone is 3. The Hall–Kier alpha value is -0.920. The molecule has 0 spiro atoms. The van der Waals surface area contributed by atoms with Crippen molar-refractivity contribution in [2.24, 2.45) is 0 Å². The van der Waals surface area contributed by atoms with Crippen LogP contribution in [0, 0.1) is 0 Å². The van der Waals surface area contributed by atoms with E-state index in [0.717, 1.165) is 30.8 Å². The molecule has 0 N–H and O–H groups in total. The van der Waals surface area contributed by atoms with Crippen molar-refractivity contribution in [3.63, 3.8) is 0 Å². The monoisotopic (exact) mass is 170 g/mol. The van der Waals surface area contributed by atoms with E-state index >= 15 is 0 Å². The highest BCUT2D eigenvalue weighted by Crippen LogP contribution is 2.08. The Balaban J connectivity index is 3.64. The van der Waals surface area contributed by atoms with Crippen molar-refractivity contribution in [1.29, 1.82) is 0 Å². The fraction of sp³-hybridized carbons (Fsp3) is 0.600. The van der Waals surface area contributed by atoms with Gasteiger partial charge in [-0.05, 0) is 12.5 Å². The summed E-state index contributed by atoms with van der Waals surface area (Å²) >= 11 is 0. The Morgan fingerprint density at radius 3 is 2.42 bits per heavy atom. The van der Waals surface area contributed by atoms with Crippen LogP contribution in [0.25, 0.3) is 0 Å². The third-order valence-corrected chi connectivity index (χ3v) is 1.69. The topological polar surface area (TPSA) is 18.5 Å². The molecule has 0 atom stereocenters. The minimum absolute atomic E-state index is 0.817. The summed E-state index contributed by atoms with van der Waals surface area (Å²) in [6.45, 7) is 5.80. The smallest absolute Gasteiger partial charge is 0.0913 e. The van der Waals surface area contributed by atoms with Crippen LogP contribution in [0.2, 0.25) is 0 Å². The maximum Gasteiger partial charge on any atom is 0.0913 e. The van der Waals surface area contributed by atoms with E-state index in [0.29, 0.717) is 0 Å². The van der Waals surface area contributed by atoms with Crippen LogP contribution in [0.5, 0.6) is 0 Å². The third-order valence-electron chi connectivity index (χ3n) is 1.69. The Morgan fingerprint density at radius 2 is 2.00 bits per heavy atom. The summed E-state index contributed by atoms with van der Waals surface area (Å²) in [5.74, 6) is 1.84. The molecule has 0 bridgehead atoms. The van der Waals surface area contributed by atoms with E-state index in [9.17, 15) is 0 Å². The lowest BCUT2D eigenvalue weighted by Gasteiger charge is -2.03. The lowest BCUT2D eigenvalue weighted by atomic mass is 10.2. The molecule has 2 heteroatoms. The molecular formula is C10H18O2. The molecule has 0 amide bonds. The van der Waals surface area contributed by atoms with Gasteiger partial charge in [-0.15, -0.1) is 0 Å². The number of ether oxygens (including phenoxy) is 2. The summed E-state index contributed by atoms with van der Waals surface area (Å²) < 4.78 is 10.0. The predicted octanol–water partition coefficient (Wildman–Crippen LogP) is 2.87. The van der Waals surface area contributed by atoms with Crippen molar-refractivity contribution in [1.82, 2.24) is 0 Å². The highest BCUT2D eigenvalue weighted by Gasteiger charge is 1.93. The molecule has 12 heavy (non-hydrogen) atoms. The SMILES string of the molecule is C=C(CC/C=C(\CC)OC)OC. The summed E-state index contributed by atoms with van der Waals surface area (Å²) in [4.78, 5) is 0. The van der Waals surface area contributed by atoms with Gasteiger partial charge in [0.05, 0.1) is 25.7 Å². The van der Waals surface area contributed by atoms with Crippen molar-refractivity contribution in [3.8, 4) is 0 Å². The molecule has 70 valence electrons. The van der Waals surface area contributed by atoms with Crippen molar-refractivity contribution >= 4 is 0 Å². The molecule has 0 fully saturated rings. The summed E-state index contributed by atoms with van der Waals surface area (Å²) in [5.41, 5.74) is 0. The molecular weight excluding hydrogens is 152 g/mol. The number of hydrogen-bond acceptors (Lipinski definition) is 2. The molecule has 0 unspecified atom stereocenters. The van der Waals surface area contributed by atoms with Gasteiger partial charge in [0, 0.05) is 12.8 Å². The van der Waals surface area contributed by atoms with Crippen LogP contribution in [0.4, 0.5) is 0 Å². The molecule has 0 aliphatic carbocycles. The van der Waals surface area contributed by atoms with E-state index in [1.165, 1.54) is 0 Å². The molecule has 0 aromatic carbocycles. The van der Waals surface area contributed by atoms with Gasteiger partial charge in [-0.3, -0.25) is 0 Å². The van der Waals surface area contributed by atoms with Gasteiger partial charge in [0.2, 0.25) is 0 Å². The second kappa shape index (κ2) is 6.77. The lowest BCUT2D eigenvalue weighted by molar-refractivity contribution is 0.272. The summed E-state index contributed by atoms with van der Waals surface area (Å²) in [5, 5.41) is 0. The first-order valence-corrected chi connectivity index (χ1v) is 4.19. The maximum absolute atomic E-state index is 5.11. The molecule has 0 aromatic heterocycles. The van der Waals surface area contributed by atoms with E-state index in [1.807, 2.05) is 0 Å². The number of rotatable bonds is 6. The summed E-state index contributed by atoms with van der Waals surface area (Å²) in [7, 11) is 3.34. The van der Waals surface area contributed by atoms with Crippen LogP contribution < -0.4 is 0 Å². The second-order valence-electron chi connectivity index (χ2n) is 2.51. The number of hydrogen-bond donors (Lipinski definition) is 0. The molecule has 0 rings (SSSR count). The zero-order valence-corrected chi connectivity index (χ0v) is 8.22. The molecule has 0 aliphatic rings. The van der Waals surface area contributed by atoms with Gasteiger partial charge >= 0.3 is 0 Å². The van der Waals surface area contributed by atoms with Gasteiger partial charge in [0.1, 0.15) is 0 Å². The van der Waals surface area contributed by atoms with Gasteiger partial charge < -0.3 is 9.47 Å². The minimum atomic E-state index is 0.817. The average molecular weight is 170 g/mol. The molecule has 2 nitrogen and oxygen atoms in total. The van der Waals surface area contributed by atoms with E-state index in [4.69, 9.17) is 9.47 Å². The fourth-order valence-corrected chi connectivity index (χ4v) is 0.868. The van der Waals surface area contributed by atoms with Gasteiger partial charge in [-0.1, -0.05) is 13.5 Å². The Morgan fingerprint density at radius 1 is 1.33 bits per heavy atom. The fourth-order valence-electron chi connectivity index (χ4n) is 0.868. The van der Waals surface area contributed by atoms with Crippen molar-refractivity contribution in [2.75, 3.05) is 14.2 Å². The maximum atomic E-state index is 5.11. The van der Waals surface area contributed by atoms with E-state index in [-0.39, 0.29) is 0 Å².